The first-order valence-electron chi connectivity index (χ1n) is 15.6. The van der Waals surface area contributed by atoms with Gasteiger partial charge in [-0.05, 0) is 0 Å². The van der Waals surface area contributed by atoms with Gasteiger partial charge in [-0.1, -0.05) is 0 Å². The third-order valence-electron chi connectivity index (χ3n) is 8.23. The zero-order valence-electron chi connectivity index (χ0n) is 31.5. The molecule has 0 aliphatic heterocycles. The summed E-state index contributed by atoms with van der Waals surface area (Å²) >= 11 is -0.235. The molecule has 0 amide bonds. The van der Waals surface area contributed by atoms with E-state index in [1.165, 1.54) is 14.9 Å². The van der Waals surface area contributed by atoms with Crippen molar-refractivity contribution in [2.45, 2.75) is 172 Å². The molecule has 0 rings (SSSR count). The molecule has 0 aromatic heterocycles. The maximum atomic E-state index is 2.65. The predicted molar refractivity (Wildman–Crippen MR) is 213 cm³/mol. The number of rotatable bonds is 12. The summed E-state index contributed by atoms with van der Waals surface area (Å²) < 4.78 is 4.97. The standard InChI is InChI=1S/4C7H19Si2.2Ga/c4*1-8(2,3)7-9(4,5)6;;/h4*7H,1-6H3;;. The summed E-state index contributed by atoms with van der Waals surface area (Å²) in [6.45, 7) is 63.6. The second kappa shape index (κ2) is 14.4. The topological polar surface area (TPSA) is 0 Å². The van der Waals surface area contributed by atoms with Gasteiger partial charge in [-0.2, -0.15) is 0 Å². The first-order valence-corrected chi connectivity index (χ1v) is 49.9. The Morgan fingerprint density at radius 2 is 0.289 bits per heavy atom. The molecule has 0 aromatic rings. The summed E-state index contributed by atoms with van der Waals surface area (Å²) in [6, 6.07) is 0. The van der Waals surface area contributed by atoms with Gasteiger partial charge < -0.3 is 0 Å². The SMILES string of the molecule is C[Si](C)(C)[CH]([Ga][CH]([Si](C)(C)C)[Si](C)(C)C)[Si](C)(C)C.C[Si](C)(C)[CH]([Ga][CH]([Si](C)(C)C)[Si](C)(C)C)[Si](C)(C)C. The van der Waals surface area contributed by atoms with E-state index in [0.717, 1.165) is 0 Å². The fourth-order valence-electron chi connectivity index (χ4n) is 7.89. The summed E-state index contributed by atoms with van der Waals surface area (Å²) in [5.74, 6) is 0. The minimum absolute atomic E-state index is 0.118. The van der Waals surface area contributed by atoms with E-state index in [-0.39, 0.29) is 34.8 Å². The van der Waals surface area contributed by atoms with Crippen LogP contribution < -0.4 is 0 Å². The summed E-state index contributed by atoms with van der Waals surface area (Å²) in [5, 5.41) is 0. The fraction of sp³-hybridized carbons (Fsp3) is 1.00. The Balaban J connectivity index is 0. The summed E-state index contributed by atoms with van der Waals surface area (Å²) in [7, 11) is -7.73. The van der Waals surface area contributed by atoms with Gasteiger partial charge in [-0.15, -0.1) is 0 Å². The molecule has 0 N–H and O–H groups in total. The van der Waals surface area contributed by atoms with Crippen LogP contribution in [0.15, 0.2) is 0 Å². The molecule has 0 spiro atoms. The third-order valence-corrected chi connectivity index (χ3v) is 106. The van der Waals surface area contributed by atoms with Crippen LogP contribution in [0.3, 0.4) is 0 Å². The van der Waals surface area contributed by atoms with E-state index in [9.17, 15) is 0 Å². The molecule has 0 saturated heterocycles. The number of hydrogen-bond acceptors (Lipinski definition) is 0. The molecule has 0 nitrogen and oxygen atoms in total. The molecule has 0 fully saturated rings. The van der Waals surface area contributed by atoms with Crippen molar-refractivity contribution in [1.82, 2.24) is 0 Å². The Labute approximate surface area is 268 Å². The fourth-order valence-corrected chi connectivity index (χ4v) is 101. The van der Waals surface area contributed by atoms with Crippen LogP contribution in [0.1, 0.15) is 0 Å². The molecule has 0 aliphatic rings. The molecule has 0 aliphatic carbocycles. The second-order valence-corrected chi connectivity index (χ2v) is 84.8. The molecule has 0 saturated carbocycles. The molecule has 38 heavy (non-hydrogen) atoms. The quantitative estimate of drug-likeness (QED) is 0.173. The third kappa shape index (κ3) is 16.2. The van der Waals surface area contributed by atoms with Gasteiger partial charge in [0.2, 0.25) is 0 Å². The average molecular weight is 777 g/mol. The molecule has 2 radical (unpaired) electrons. The van der Waals surface area contributed by atoms with Crippen LogP contribution in [0.2, 0.25) is 172 Å². The molecular formula is C28H76Ga2Si8. The van der Waals surface area contributed by atoms with Crippen LogP contribution in [-0.4, -0.2) is 99.4 Å². The van der Waals surface area contributed by atoms with Crippen LogP contribution in [0.5, 0.6) is 0 Å². The Bertz CT molecular complexity index is 523. The van der Waals surface area contributed by atoms with E-state index < -0.39 is 64.6 Å². The first kappa shape index (κ1) is 43.1. The molecule has 226 valence electrons. The van der Waals surface area contributed by atoms with Crippen LogP contribution in [-0.2, 0) is 0 Å². The average Bonchev–Trinajstić information content (AvgIpc) is 2.44. The molecule has 0 bridgehead atoms. The van der Waals surface area contributed by atoms with Crippen LogP contribution in [0.4, 0.5) is 0 Å². The Morgan fingerprint density at radius 3 is 0.342 bits per heavy atom. The van der Waals surface area contributed by atoms with Crippen molar-refractivity contribution >= 4 is 99.4 Å². The summed E-state index contributed by atoms with van der Waals surface area (Å²) in [4.78, 5) is 0. The minimum atomic E-state index is -0.967. The van der Waals surface area contributed by atoms with Crippen LogP contribution in [0.25, 0.3) is 0 Å². The van der Waals surface area contributed by atoms with E-state index in [1.54, 1.807) is 0 Å². The Morgan fingerprint density at radius 1 is 0.211 bits per heavy atom. The van der Waals surface area contributed by atoms with Crippen molar-refractivity contribution in [2.75, 3.05) is 0 Å². The van der Waals surface area contributed by atoms with E-state index in [0.29, 0.717) is 0 Å². The van der Waals surface area contributed by atoms with E-state index in [4.69, 9.17) is 0 Å². The summed E-state index contributed by atoms with van der Waals surface area (Å²) in [5.41, 5.74) is 0. The van der Waals surface area contributed by atoms with E-state index >= 15 is 0 Å². The van der Waals surface area contributed by atoms with E-state index in [2.05, 4.69) is 157 Å². The zero-order valence-corrected chi connectivity index (χ0v) is 44.3. The van der Waals surface area contributed by atoms with Gasteiger partial charge in [0.25, 0.3) is 0 Å². The van der Waals surface area contributed by atoms with Crippen LogP contribution in [0, 0.1) is 0 Å². The van der Waals surface area contributed by atoms with Gasteiger partial charge in [0.15, 0.2) is 0 Å². The van der Waals surface area contributed by atoms with Crippen molar-refractivity contribution < 1.29 is 0 Å². The van der Waals surface area contributed by atoms with Gasteiger partial charge in [0.1, 0.15) is 0 Å². The second-order valence-electron chi connectivity index (χ2n) is 21.2. The monoisotopic (exact) mass is 774 g/mol. The van der Waals surface area contributed by atoms with Gasteiger partial charge in [-0.25, -0.2) is 0 Å². The maximum absolute atomic E-state index is 2.65. The van der Waals surface area contributed by atoms with Crippen molar-refractivity contribution in [3.05, 3.63) is 0 Å². The molecule has 0 heterocycles. The molecule has 0 unspecified atom stereocenters. The summed E-state index contributed by atoms with van der Waals surface area (Å²) in [6.07, 6.45) is 0. The first-order chi connectivity index (χ1) is 15.9. The van der Waals surface area contributed by atoms with Gasteiger partial charge in [-0.3, -0.25) is 0 Å². The normalized spacial score (nSPS) is 15.3. The molecule has 0 atom stereocenters. The van der Waals surface area contributed by atoms with Crippen molar-refractivity contribution in [3.8, 4) is 0 Å². The van der Waals surface area contributed by atoms with Crippen molar-refractivity contribution in [3.63, 3.8) is 0 Å². The Hall–Kier alpha value is 3.01. The van der Waals surface area contributed by atoms with Gasteiger partial charge >= 0.3 is 271 Å². The molecule has 0 aromatic carbocycles. The van der Waals surface area contributed by atoms with Gasteiger partial charge in [0.05, 0.1) is 0 Å². The zero-order chi connectivity index (χ0) is 31.7. The molecular weight excluding hydrogens is 700 g/mol. The van der Waals surface area contributed by atoms with Gasteiger partial charge in [0, 0.05) is 0 Å². The van der Waals surface area contributed by atoms with Crippen molar-refractivity contribution in [1.29, 1.82) is 0 Å². The van der Waals surface area contributed by atoms with Crippen LogP contribution >= 0.6 is 0 Å². The van der Waals surface area contributed by atoms with Crippen molar-refractivity contribution in [2.24, 2.45) is 0 Å². The van der Waals surface area contributed by atoms with E-state index in [1.807, 2.05) is 0 Å². The molecule has 10 heteroatoms. The Kier molecular flexibility index (Phi) is 16.4. The number of hydrogen-bond donors (Lipinski definition) is 0. The predicted octanol–water partition coefficient (Wildman–Crippen LogP) is 11.6.